The number of hydrogen-bond donors (Lipinski definition) is 0. The molecular formula is C17H10ClN3O. The zero-order valence-corrected chi connectivity index (χ0v) is 12.2. The predicted octanol–water partition coefficient (Wildman–Crippen LogP) is 3.77. The molecule has 0 spiro atoms. The molecule has 0 bridgehead atoms. The van der Waals surface area contributed by atoms with Gasteiger partial charge in [0, 0.05) is 11.8 Å². The van der Waals surface area contributed by atoms with Crippen molar-refractivity contribution in [1.82, 2.24) is 14.4 Å². The summed E-state index contributed by atoms with van der Waals surface area (Å²) in [5.74, 6) is -0.135. The molecular weight excluding hydrogens is 298 g/mol. The first kappa shape index (κ1) is 13.0. The van der Waals surface area contributed by atoms with Crippen molar-refractivity contribution in [3.05, 3.63) is 77.2 Å². The molecule has 2 aromatic carbocycles. The first-order valence-corrected chi connectivity index (χ1v) is 7.15. The molecule has 0 atom stereocenters. The Morgan fingerprint density at radius 2 is 1.68 bits per heavy atom. The number of halogens is 1. The number of ketones is 1. The Hall–Kier alpha value is -2.72. The van der Waals surface area contributed by atoms with Crippen molar-refractivity contribution in [3.8, 4) is 0 Å². The van der Waals surface area contributed by atoms with Crippen LogP contribution in [0.2, 0.25) is 5.15 Å². The van der Waals surface area contributed by atoms with Gasteiger partial charge in [-0.2, -0.15) is 0 Å². The first-order valence-electron chi connectivity index (χ1n) is 6.77. The number of carbonyl (C=O) groups excluding carboxylic acids is 1. The van der Waals surface area contributed by atoms with Crippen LogP contribution >= 0.6 is 11.6 Å². The maximum absolute atomic E-state index is 12.5. The summed E-state index contributed by atoms with van der Waals surface area (Å²) < 4.78 is 1.81. The number of fused-ring (bicyclic) bond motifs is 3. The highest BCUT2D eigenvalue weighted by atomic mass is 35.5. The van der Waals surface area contributed by atoms with Gasteiger partial charge in [-0.05, 0) is 12.1 Å². The Kier molecular flexibility index (Phi) is 2.91. The van der Waals surface area contributed by atoms with Crippen LogP contribution in [0, 0.1) is 0 Å². The minimum Gasteiger partial charge on any atom is -0.295 e. The van der Waals surface area contributed by atoms with E-state index in [2.05, 4.69) is 9.97 Å². The minimum absolute atomic E-state index is 0.135. The van der Waals surface area contributed by atoms with Crippen LogP contribution in [0.3, 0.4) is 0 Å². The number of nitrogens with zero attached hydrogens (tertiary/aromatic N) is 3. The highest BCUT2D eigenvalue weighted by Crippen LogP contribution is 2.22. The average molecular weight is 308 g/mol. The van der Waals surface area contributed by atoms with Gasteiger partial charge in [-0.15, -0.1) is 0 Å². The van der Waals surface area contributed by atoms with E-state index < -0.39 is 0 Å². The molecule has 0 radical (unpaired) electrons. The second-order valence-electron chi connectivity index (χ2n) is 4.91. The number of carbonyl (C=O) groups is 1. The van der Waals surface area contributed by atoms with Crippen LogP contribution in [0.15, 0.2) is 60.8 Å². The number of para-hydroxylation sites is 2. The molecule has 0 saturated carbocycles. The van der Waals surface area contributed by atoms with Gasteiger partial charge in [-0.1, -0.05) is 54.1 Å². The highest BCUT2D eigenvalue weighted by molar-refractivity contribution is 6.32. The molecule has 0 N–H and O–H groups in total. The second kappa shape index (κ2) is 4.93. The fourth-order valence-corrected chi connectivity index (χ4v) is 2.70. The van der Waals surface area contributed by atoms with E-state index in [1.165, 1.54) is 0 Å². The van der Waals surface area contributed by atoms with E-state index in [9.17, 15) is 4.79 Å². The lowest BCUT2D eigenvalue weighted by atomic mass is 10.1. The van der Waals surface area contributed by atoms with Gasteiger partial charge >= 0.3 is 0 Å². The Balaban J connectivity index is 1.96. The van der Waals surface area contributed by atoms with Crippen molar-refractivity contribution in [2.45, 2.75) is 0 Å². The Labute approximate surface area is 131 Å². The summed E-state index contributed by atoms with van der Waals surface area (Å²) in [6, 6.07) is 16.7. The van der Waals surface area contributed by atoms with E-state index in [4.69, 9.17) is 11.6 Å². The van der Waals surface area contributed by atoms with E-state index >= 15 is 0 Å². The van der Waals surface area contributed by atoms with Gasteiger partial charge < -0.3 is 0 Å². The van der Waals surface area contributed by atoms with E-state index in [1.54, 1.807) is 22.7 Å². The number of hydrogen-bond acceptors (Lipinski definition) is 3. The van der Waals surface area contributed by atoms with Crippen molar-refractivity contribution in [2.75, 3.05) is 0 Å². The van der Waals surface area contributed by atoms with Crippen LogP contribution in [-0.2, 0) is 0 Å². The number of aromatic nitrogens is 3. The molecule has 0 amide bonds. The highest BCUT2D eigenvalue weighted by Gasteiger charge is 2.16. The zero-order valence-electron chi connectivity index (χ0n) is 11.4. The zero-order chi connectivity index (χ0) is 15.1. The van der Waals surface area contributed by atoms with Crippen LogP contribution in [-0.4, -0.2) is 20.2 Å². The molecule has 0 fully saturated rings. The van der Waals surface area contributed by atoms with E-state index in [0.717, 1.165) is 11.0 Å². The summed E-state index contributed by atoms with van der Waals surface area (Å²) in [5.41, 5.74) is 3.06. The maximum atomic E-state index is 12.5. The van der Waals surface area contributed by atoms with Crippen LogP contribution in [0.5, 0.6) is 0 Å². The van der Waals surface area contributed by atoms with Gasteiger partial charge in [0.15, 0.2) is 10.8 Å². The van der Waals surface area contributed by atoms with Crippen molar-refractivity contribution in [2.24, 2.45) is 0 Å². The smallest absolute Gasteiger partial charge is 0.212 e. The van der Waals surface area contributed by atoms with Crippen molar-refractivity contribution >= 4 is 34.1 Å². The summed E-state index contributed by atoms with van der Waals surface area (Å²) in [5, 5.41) is 0.283. The van der Waals surface area contributed by atoms with Crippen molar-refractivity contribution < 1.29 is 4.79 Å². The molecule has 106 valence electrons. The number of rotatable bonds is 2. The van der Waals surface area contributed by atoms with Gasteiger partial charge in [-0.25, -0.2) is 9.97 Å². The molecule has 0 aliphatic rings. The fraction of sp³-hybridized carbons (Fsp3) is 0. The molecule has 4 rings (SSSR count). The van der Waals surface area contributed by atoms with Crippen LogP contribution in [0.4, 0.5) is 0 Å². The Morgan fingerprint density at radius 3 is 2.50 bits per heavy atom. The minimum atomic E-state index is -0.135. The van der Waals surface area contributed by atoms with Crippen molar-refractivity contribution in [3.63, 3.8) is 0 Å². The third-order valence-electron chi connectivity index (χ3n) is 3.52. The molecule has 0 aliphatic heterocycles. The number of imidazole rings is 1. The number of benzene rings is 2. The molecule has 4 nitrogen and oxygen atoms in total. The van der Waals surface area contributed by atoms with Crippen LogP contribution in [0.25, 0.3) is 16.7 Å². The Bertz CT molecular complexity index is 1010. The monoisotopic (exact) mass is 307 g/mol. The largest absolute Gasteiger partial charge is 0.295 e. The second-order valence-corrected chi connectivity index (χ2v) is 5.26. The molecule has 0 unspecified atom stereocenters. The summed E-state index contributed by atoms with van der Waals surface area (Å²) in [6.45, 7) is 0. The van der Waals surface area contributed by atoms with E-state index in [-0.39, 0.29) is 10.9 Å². The molecule has 4 aromatic rings. The van der Waals surface area contributed by atoms with Crippen LogP contribution < -0.4 is 0 Å². The lowest BCUT2D eigenvalue weighted by Gasteiger charge is -2.01. The topological polar surface area (TPSA) is 47.3 Å². The van der Waals surface area contributed by atoms with Gasteiger partial charge in [0.1, 0.15) is 5.69 Å². The van der Waals surface area contributed by atoms with Crippen molar-refractivity contribution in [1.29, 1.82) is 0 Å². The van der Waals surface area contributed by atoms with Gasteiger partial charge in [0.2, 0.25) is 5.78 Å². The summed E-state index contributed by atoms with van der Waals surface area (Å²) in [7, 11) is 0. The maximum Gasteiger partial charge on any atom is 0.212 e. The average Bonchev–Trinajstić information content (AvgIpc) is 3.01. The summed E-state index contributed by atoms with van der Waals surface area (Å²) >= 11 is 6.19. The van der Waals surface area contributed by atoms with Gasteiger partial charge in [0.05, 0.1) is 11.0 Å². The summed E-state index contributed by atoms with van der Waals surface area (Å²) in [4.78, 5) is 21.2. The third-order valence-corrected chi connectivity index (χ3v) is 3.77. The van der Waals surface area contributed by atoms with Gasteiger partial charge in [0.25, 0.3) is 0 Å². The van der Waals surface area contributed by atoms with E-state index in [1.807, 2.05) is 42.5 Å². The standard InChI is InChI=1S/C17H10ClN3O/c18-16-17-20-13(15(22)11-6-2-1-3-7-11)10-21(17)14-9-5-4-8-12(14)19-16/h1-10H. The first-order chi connectivity index (χ1) is 10.7. The predicted molar refractivity (Wildman–Crippen MR) is 85.4 cm³/mol. The molecule has 0 aliphatic carbocycles. The lowest BCUT2D eigenvalue weighted by Crippen LogP contribution is -2.00. The summed E-state index contributed by atoms with van der Waals surface area (Å²) in [6.07, 6.45) is 1.71. The lowest BCUT2D eigenvalue weighted by molar-refractivity contribution is 0.103. The molecule has 2 heterocycles. The molecule has 5 heteroatoms. The van der Waals surface area contributed by atoms with Gasteiger partial charge in [-0.3, -0.25) is 9.20 Å². The van der Waals surface area contributed by atoms with Crippen LogP contribution in [0.1, 0.15) is 16.1 Å². The van der Waals surface area contributed by atoms with E-state index in [0.29, 0.717) is 16.9 Å². The molecule has 2 aromatic heterocycles. The molecule has 22 heavy (non-hydrogen) atoms. The Morgan fingerprint density at radius 1 is 0.955 bits per heavy atom. The SMILES string of the molecule is O=C(c1ccccc1)c1cn2c(n1)c(Cl)nc1ccccc12. The normalized spacial score (nSPS) is 11.1. The molecule has 0 saturated heterocycles. The quantitative estimate of drug-likeness (QED) is 0.530. The fourth-order valence-electron chi connectivity index (χ4n) is 2.47. The third kappa shape index (κ3) is 1.96.